The molecular weight excluding hydrogens is 206 g/mol. The maximum Gasteiger partial charge on any atom is 0.292 e. The molecule has 0 radical (unpaired) electrons. The summed E-state index contributed by atoms with van der Waals surface area (Å²) in [4.78, 5) is 15.6. The predicted molar refractivity (Wildman–Crippen MR) is 60.0 cm³/mol. The molecule has 16 heavy (non-hydrogen) atoms. The summed E-state index contributed by atoms with van der Waals surface area (Å²) in [7, 11) is 0. The van der Waals surface area contributed by atoms with Crippen LogP contribution in [0.5, 0.6) is 0 Å². The first-order valence-electron chi connectivity index (χ1n) is 4.74. The van der Waals surface area contributed by atoms with E-state index >= 15 is 0 Å². The summed E-state index contributed by atoms with van der Waals surface area (Å²) in [6, 6.07) is 6.63. The van der Waals surface area contributed by atoms with Crippen molar-refractivity contribution in [3.05, 3.63) is 42.0 Å². The summed E-state index contributed by atoms with van der Waals surface area (Å²) in [5, 5.41) is 2.60. The summed E-state index contributed by atoms with van der Waals surface area (Å²) in [5.41, 5.74) is 6.03. The number of aryl methyl sites for hydroxylation is 1. The summed E-state index contributed by atoms with van der Waals surface area (Å²) in [5.74, 6) is 1.06. The summed E-state index contributed by atoms with van der Waals surface area (Å²) >= 11 is 0. The number of nitrogens with zero attached hydrogens (tertiary/aromatic N) is 1. The molecule has 82 valence electrons. The molecule has 5 heteroatoms. The minimum Gasteiger partial charge on any atom is -0.456 e. The Balaban J connectivity index is 2.10. The van der Waals surface area contributed by atoms with Gasteiger partial charge in [0.15, 0.2) is 5.76 Å². The number of hydrogen-bond acceptors (Lipinski definition) is 4. The SMILES string of the molecule is Cc1ccc(C(=O)Nc2ccc(N)cn2)o1. The zero-order valence-electron chi connectivity index (χ0n) is 8.73. The second-order valence-electron chi connectivity index (χ2n) is 3.34. The number of carbonyl (C=O) groups is 1. The van der Waals surface area contributed by atoms with Crippen molar-refractivity contribution in [2.45, 2.75) is 6.92 Å². The molecule has 3 N–H and O–H groups in total. The van der Waals surface area contributed by atoms with Crippen molar-refractivity contribution in [3.63, 3.8) is 0 Å². The van der Waals surface area contributed by atoms with Gasteiger partial charge in [-0.05, 0) is 31.2 Å². The van der Waals surface area contributed by atoms with E-state index in [9.17, 15) is 4.79 Å². The highest BCUT2D eigenvalue weighted by Crippen LogP contribution is 2.10. The van der Waals surface area contributed by atoms with E-state index in [0.29, 0.717) is 17.3 Å². The van der Waals surface area contributed by atoms with Gasteiger partial charge in [0.2, 0.25) is 0 Å². The standard InChI is InChI=1S/C11H11N3O2/c1-7-2-4-9(16-7)11(15)14-10-5-3-8(12)6-13-10/h2-6H,12H2,1H3,(H,13,14,15). The molecule has 0 bridgehead atoms. The van der Waals surface area contributed by atoms with E-state index in [1.165, 1.54) is 6.20 Å². The minimum atomic E-state index is -0.328. The van der Waals surface area contributed by atoms with Crippen LogP contribution in [0, 0.1) is 6.92 Å². The first-order chi connectivity index (χ1) is 7.65. The van der Waals surface area contributed by atoms with E-state index in [0.717, 1.165) is 0 Å². The third-order valence-corrected chi connectivity index (χ3v) is 1.99. The van der Waals surface area contributed by atoms with Crippen molar-refractivity contribution in [2.75, 3.05) is 11.1 Å². The fourth-order valence-electron chi connectivity index (χ4n) is 1.21. The molecule has 5 nitrogen and oxygen atoms in total. The molecule has 2 rings (SSSR count). The largest absolute Gasteiger partial charge is 0.456 e. The Morgan fingerprint density at radius 3 is 2.75 bits per heavy atom. The van der Waals surface area contributed by atoms with Gasteiger partial charge in [0.1, 0.15) is 11.6 Å². The lowest BCUT2D eigenvalue weighted by atomic mass is 10.4. The van der Waals surface area contributed by atoms with Crippen LogP contribution in [0.1, 0.15) is 16.3 Å². The average molecular weight is 217 g/mol. The van der Waals surface area contributed by atoms with Gasteiger partial charge in [-0.2, -0.15) is 0 Å². The van der Waals surface area contributed by atoms with Crippen LogP contribution < -0.4 is 11.1 Å². The van der Waals surface area contributed by atoms with Crippen LogP contribution in [0.4, 0.5) is 11.5 Å². The zero-order valence-corrected chi connectivity index (χ0v) is 8.73. The van der Waals surface area contributed by atoms with Crippen molar-refractivity contribution in [1.82, 2.24) is 4.98 Å². The van der Waals surface area contributed by atoms with E-state index < -0.39 is 0 Å². The summed E-state index contributed by atoms with van der Waals surface area (Å²) in [6.45, 7) is 1.78. The number of carbonyl (C=O) groups excluding carboxylic acids is 1. The van der Waals surface area contributed by atoms with E-state index in [4.69, 9.17) is 10.2 Å². The molecule has 0 aromatic carbocycles. The third kappa shape index (κ3) is 2.20. The number of anilines is 2. The highest BCUT2D eigenvalue weighted by molar-refractivity contribution is 6.01. The van der Waals surface area contributed by atoms with Crippen LogP contribution in [0.3, 0.4) is 0 Å². The molecule has 0 atom stereocenters. The first-order valence-corrected chi connectivity index (χ1v) is 4.74. The zero-order chi connectivity index (χ0) is 11.5. The molecular formula is C11H11N3O2. The Morgan fingerprint density at radius 2 is 2.19 bits per heavy atom. The van der Waals surface area contributed by atoms with Gasteiger partial charge in [-0.25, -0.2) is 4.98 Å². The Labute approximate surface area is 92.3 Å². The van der Waals surface area contributed by atoms with Gasteiger partial charge in [-0.15, -0.1) is 0 Å². The van der Waals surface area contributed by atoms with Gasteiger partial charge in [-0.1, -0.05) is 0 Å². The van der Waals surface area contributed by atoms with Crippen molar-refractivity contribution < 1.29 is 9.21 Å². The van der Waals surface area contributed by atoms with Gasteiger partial charge >= 0.3 is 0 Å². The number of nitrogens with one attached hydrogen (secondary N) is 1. The van der Waals surface area contributed by atoms with Gasteiger partial charge < -0.3 is 15.5 Å². The Kier molecular flexibility index (Phi) is 2.59. The number of hydrogen-bond donors (Lipinski definition) is 2. The molecule has 0 fully saturated rings. The lowest BCUT2D eigenvalue weighted by Crippen LogP contribution is -2.11. The normalized spacial score (nSPS) is 10.1. The lowest BCUT2D eigenvalue weighted by molar-refractivity contribution is 0.0995. The molecule has 0 aliphatic heterocycles. The smallest absolute Gasteiger partial charge is 0.292 e. The third-order valence-electron chi connectivity index (χ3n) is 1.99. The fraction of sp³-hybridized carbons (Fsp3) is 0.0909. The first kappa shape index (κ1) is 10.2. The molecule has 0 aliphatic carbocycles. The van der Waals surface area contributed by atoms with E-state index in [1.54, 1.807) is 31.2 Å². The molecule has 2 heterocycles. The van der Waals surface area contributed by atoms with E-state index in [-0.39, 0.29) is 11.7 Å². The van der Waals surface area contributed by atoms with Crippen molar-refractivity contribution >= 4 is 17.4 Å². The molecule has 0 saturated carbocycles. The lowest BCUT2D eigenvalue weighted by Gasteiger charge is -2.01. The Bertz CT molecular complexity index is 502. The van der Waals surface area contributed by atoms with E-state index in [1.807, 2.05) is 0 Å². The van der Waals surface area contributed by atoms with Gasteiger partial charge in [0.05, 0.1) is 11.9 Å². The van der Waals surface area contributed by atoms with Gasteiger partial charge in [-0.3, -0.25) is 4.79 Å². The molecule has 2 aromatic heterocycles. The molecule has 0 unspecified atom stereocenters. The molecule has 2 aromatic rings. The maximum atomic E-state index is 11.6. The maximum absolute atomic E-state index is 11.6. The van der Waals surface area contributed by atoms with Crippen LogP contribution in [-0.2, 0) is 0 Å². The highest BCUT2D eigenvalue weighted by atomic mass is 16.3. The van der Waals surface area contributed by atoms with Crippen LogP contribution in [0.2, 0.25) is 0 Å². The van der Waals surface area contributed by atoms with Gasteiger partial charge in [0, 0.05) is 0 Å². The second kappa shape index (κ2) is 4.06. The minimum absolute atomic E-state index is 0.260. The van der Waals surface area contributed by atoms with Crippen LogP contribution in [0.25, 0.3) is 0 Å². The number of nitrogen functional groups attached to an aromatic ring is 1. The summed E-state index contributed by atoms with van der Waals surface area (Å²) < 4.78 is 5.18. The Morgan fingerprint density at radius 1 is 1.38 bits per heavy atom. The molecule has 0 saturated heterocycles. The van der Waals surface area contributed by atoms with Crippen LogP contribution in [-0.4, -0.2) is 10.9 Å². The molecule has 0 aliphatic rings. The number of aromatic nitrogens is 1. The number of pyridine rings is 1. The monoisotopic (exact) mass is 217 g/mol. The average Bonchev–Trinajstić information content (AvgIpc) is 2.68. The topological polar surface area (TPSA) is 81.2 Å². The highest BCUT2D eigenvalue weighted by Gasteiger charge is 2.10. The molecule has 1 amide bonds. The van der Waals surface area contributed by atoms with Crippen LogP contribution >= 0.6 is 0 Å². The van der Waals surface area contributed by atoms with E-state index in [2.05, 4.69) is 10.3 Å². The number of amides is 1. The predicted octanol–water partition coefficient (Wildman–Crippen LogP) is 1.82. The van der Waals surface area contributed by atoms with Crippen molar-refractivity contribution in [2.24, 2.45) is 0 Å². The van der Waals surface area contributed by atoms with Crippen molar-refractivity contribution in [3.8, 4) is 0 Å². The van der Waals surface area contributed by atoms with Crippen LogP contribution in [0.15, 0.2) is 34.9 Å². The quantitative estimate of drug-likeness (QED) is 0.803. The number of furan rings is 1. The second-order valence-corrected chi connectivity index (χ2v) is 3.34. The number of nitrogens with two attached hydrogens (primary N) is 1. The Hall–Kier alpha value is -2.30. The summed E-state index contributed by atoms with van der Waals surface area (Å²) in [6.07, 6.45) is 1.48. The fourth-order valence-corrected chi connectivity index (χ4v) is 1.21. The molecule has 0 spiro atoms. The van der Waals surface area contributed by atoms with Crippen molar-refractivity contribution in [1.29, 1.82) is 0 Å². The number of rotatable bonds is 2. The van der Waals surface area contributed by atoms with Gasteiger partial charge in [0.25, 0.3) is 5.91 Å².